The number of aliphatic hydroxyl groups is 1. The predicted molar refractivity (Wildman–Crippen MR) is 110 cm³/mol. The number of halogens is 1. The first kappa shape index (κ1) is 22.3. The Balaban J connectivity index is 2.30. The number of Topliss-reactive ketones (excluding diaryl/α,β-unsaturated/α-hetero) is 1. The van der Waals surface area contributed by atoms with Crippen LogP contribution in [-0.2, 0) is 22.5 Å². The van der Waals surface area contributed by atoms with Crippen molar-refractivity contribution in [1.29, 1.82) is 0 Å². The van der Waals surface area contributed by atoms with Gasteiger partial charge in [0.1, 0.15) is 5.82 Å². The summed E-state index contributed by atoms with van der Waals surface area (Å²) < 4.78 is 6.79. The molecule has 0 aliphatic heterocycles. The number of nitrogens with zero attached hydrogens (tertiary/aromatic N) is 2. The van der Waals surface area contributed by atoms with Crippen molar-refractivity contribution in [3.8, 4) is 11.3 Å². The van der Waals surface area contributed by atoms with Crippen molar-refractivity contribution in [3.05, 3.63) is 51.5 Å². The van der Waals surface area contributed by atoms with E-state index in [1.165, 1.54) is 10.6 Å². The third-order valence-electron chi connectivity index (χ3n) is 4.25. The van der Waals surface area contributed by atoms with Crippen LogP contribution >= 0.6 is 11.6 Å². The Kier molecular flexibility index (Phi) is 7.92. The number of hydrogen-bond acceptors (Lipinski definition) is 5. The molecule has 0 unspecified atom stereocenters. The van der Waals surface area contributed by atoms with Crippen LogP contribution in [0.25, 0.3) is 11.3 Å². The van der Waals surface area contributed by atoms with Crippen LogP contribution in [0.1, 0.15) is 39.4 Å². The number of carbonyl (C=O) groups excluding carboxylic acids is 1. The van der Waals surface area contributed by atoms with Gasteiger partial charge in [-0.15, -0.1) is 0 Å². The molecule has 0 bridgehead atoms. The van der Waals surface area contributed by atoms with Crippen LogP contribution in [-0.4, -0.2) is 39.3 Å². The fraction of sp³-hybridized carbons (Fsp3) is 0.476. The number of hydrogen-bond donors (Lipinski definition) is 1. The normalized spacial score (nSPS) is 11.6. The molecule has 0 amide bonds. The van der Waals surface area contributed by atoms with Gasteiger partial charge in [-0.3, -0.25) is 14.2 Å². The molecule has 1 aromatic carbocycles. The summed E-state index contributed by atoms with van der Waals surface area (Å²) in [6, 6.07) is 8.51. The van der Waals surface area contributed by atoms with Crippen molar-refractivity contribution in [2.24, 2.45) is 0 Å². The zero-order chi connectivity index (χ0) is 20.7. The van der Waals surface area contributed by atoms with E-state index < -0.39 is 5.60 Å². The summed E-state index contributed by atoms with van der Waals surface area (Å²) in [5, 5.41) is 10.4. The molecule has 1 aromatic heterocycles. The zero-order valence-electron chi connectivity index (χ0n) is 16.6. The number of ketones is 1. The maximum Gasteiger partial charge on any atom is 0.254 e. The van der Waals surface area contributed by atoms with E-state index in [0.717, 1.165) is 5.56 Å². The molecule has 0 saturated heterocycles. The molecule has 2 aromatic rings. The zero-order valence-corrected chi connectivity index (χ0v) is 17.3. The van der Waals surface area contributed by atoms with Crippen LogP contribution in [0.3, 0.4) is 0 Å². The van der Waals surface area contributed by atoms with Gasteiger partial charge in [-0.2, -0.15) is 0 Å². The quantitative estimate of drug-likeness (QED) is 0.612. The molecule has 1 N–H and O–H groups in total. The summed E-state index contributed by atoms with van der Waals surface area (Å²) in [7, 11) is 0. The highest BCUT2D eigenvalue weighted by Gasteiger charge is 2.17. The third-order valence-corrected chi connectivity index (χ3v) is 4.50. The van der Waals surface area contributed by atoms with Crippen molar-refractivity contribution in [3.63, 3.8) is 0 Å². The Morgan fingerprint density at radius 1 is 1.29 bits per heavy atom. The lowest BCUT2D eigenvalue weighted by atomic mass is 10.0. The molecule has 6 nitrogen and oxygen atoms in total. The molecule has 152 valence electrons. The number of ether oxygens (including phenoxy) is 1. The second-order valence-electron chi connectivity index (χ2n) is 7.29. The highest BCUT2D eigenvalue weighted by molar-refractivity contribution is 6.30. The van der Waals surface area contributed by atoms with Gasteiger partial charge in [0.05, 0.1) is 24.4 Å². The van der Waals surface area contributed by atoms with Crippen LogP contribution in [0.4, 0.5) is 0 Å². The van der Waals surface area contributed by atoms with Gasteiger partial charge in [0.25, 0.3) is 5.56 Å². The molecule has 0 aliphatic rings. The highest BCUT2D eigenvalue weighted by atomic mass is 35.5. The number of rotatable bonds is 10. The van der Waals surface area contributed by atoms with Crippen molar-refractivity contribution < 1.29 is 14.6 Å². The van der Waals surface area contributed by atoms with E-state index >= 15 is 0 Å². The lowest BCUT2D eigenvalue weighted by Crippen LogP contribution is -2.30. The molecule has 7 heteroatoms. The molecule has 2 rings (SSSR count). The molecular weight excluding hydrogens is 380 g/mol. The maximum atomic E-state index is 12.7. The summed E-state index contributed by atoms with van der Waals surface area (Å²) in [5.41, 5.74) is 0.103. The van der Waals surface area contributed by atoms with Crippen molar-refractivity contribution >= 4 is 17.4 Å². The molecule has 0 aliphatic carbocycles. The van der Waals surface area contributed by atoms with Gasteiger partial charge in [0.2, 0.25) is 0 Å². The Bertz CT molecular complexity index is 854. The smallest absolute Gasteiger partial charge is 0.254 e. The van der Waals surface area contributed by atoms with E-state index in [1.807, 2.05) is 6.92 Å². The second kappa shape index (κ2) is 9.96. The van der Waals surface area contributed by atoms with E-state index in [1.54, 1.807) is 38.1 Å². The summed E-state index contributed by atoms with van der Waals surface area (Å²) >= 11 is 5.93. The standard InChI is InChI=1S/C21H27ClN2O4/c1-4-28-12-10-19-23-18(15-5-7-16(22)8-6-15)13-20(26)24(19)14-17(25)9-11-21(2,3)27/h5-8,13,27H,4,9-12,14H2,1-3H3. The summed E-state index contributed by atoms with van der Waals surface area (Å²) in [4.78, 5) is 29.7. The number of aromatic nitrogens is 2. The van der Waals surface area contributed by atoms with E-state index in [9.17, 15) is 14.7 Å². The minimum Gasteiger partial charge on any atom is -0.390 e. The molecule has 0 radical (unpaired) electrons. The molecule has 1 heterocycles. The van der Waals surface area contributed by atoms with Crippen molar-refractivity contribution in [2.75, 3.05) is 13.2 Å². The Morgan fingerprint density at radius 3 is 2.57 bits per heavy atom. The van der Waals surface area contributed by atoms with Crippen LogP contribution in [0.2, 0.25) is 5.02 Å². The van der Waals surface area contributed by atoms with Crippen LogP contribution < -0.4 is 5.56 Å². The van der Waals surface area contributed by atoms with E-state index in [4.69, 9.17) is 16.3 Å². The Morgan fingerprint density at radius 2 is 1.96 bits per heavy atom. The van der Waals surface area contributed by atoms with Gasteiger partial charge < -0.3 is 9.84 Å². The fourth-order valence-corrected chi connectivity index (χ4v) is 2.82. The Hall–Kier alpha value is -2.02. The Labute approximate surface area is 170 Å². The molecule has 0 spiro atoms. The number of carbonyl (C=O) groups is 1. The average Bonchev–Trinajstić information content (AvgIpc) is 2.62. The first-order valence-corrected chi connectivity index (χ1v) is 9.76. The van der Waals surface area contributed by atoms with Gasteiger partial charge in [-0.1, -0.05) is 23.7 Å². The van der Waals surface area contributed by atoms with E-state index in [0.29, 0.717) is 42.6 Å². The van der Waals surface area contributed by atoms with Crippen LogP contribution in [0, 0.1) is 0 Å². The molecule has 28 heavy (non-hydrogen) atoms. The lowest BCUT2D eigenvalue weighted by molar-refractivity contribution is -0.120. The molecule has 0 saturated carbocycles. The average molecular weight is 407 g/mol. The molecular formula is C21H27ClN2O4. The van der Waals surface area contributed by atoms with Crippen molar-refractivity contribution in [1.82, 2.24) is 9.55 Å². The largest absolute Gasteiger partial charge is 0.390 e. The second-order valence-corrected chi connectivity index (χ2v) is 7.72. The predicted octanol–water partition coefficient (Wildman–Crippen LogP) is 3.26. The third kappa shape index (κ3) is 6.86. The molecule has 0 fully saturated rings. The van der Waals surface area contributed by atoms with E-state index in [-0.39, 0.29) is 24.3 Å². The van der Waals surface area contributed by atoms with Crippen molar-refractivity contribution in [2.45, 2.75) is 52.2 Å². The summed E-state index contributed by atoms with van der Waals surface area (Å²) in [6.07, 6.45) is 0.953. The minimum atomic E-state index is -0.922. The monoisotopic (exact) mass is 406 g/mol. The SMILES string of the molecule is CCOCCc1nc(-c2ccc(Cl)cc2)cc(=O)n1CC(=O)CCC(C)(C)O. The first-order valence-electron chi connectivity index (χ1n) is 9.38. The van der Waals surface area contributed by atoms with Gasteiger partial charge in [0.15, 0.2) is 5.78 Å². The minimum absolute atomic E-state index is 0.0652. The van der Waals surface area contributed by atoms with Gasteiger partial charge in [-0.05, 0) is 39.3 Å². The lowest BCUT2D eigenvalue weighted by Gasteiger charge is -2.17. The van der Waals surface area contributed by atoms with Gasteiger partial charge >= 0.3 is 0 Å². The van der Waals surface area contributed by atoms with Gasteiger partial charge in [0, 0.05) is 36.1 Å². The maximum absolute atomic E-state index is 12.7. The topological polar surface area (TPSA) is 81.4 Å². The van der Waals surface area contributed by atoms with Crippen LogP contribution in [0.5, 0.6) is 0 Å². The summed E-state index contributed by atoms with van der Waals surface area (Å²) in [6.45, 7) is 6.11. The highest BCUT2D eigenvalue weighted by Crippen LogP contribution is 2.19. The first-order chi connectivity index (χ1) is 13.2. The molecule has 0 atom stereocenters. The van der Waals surface area contributed by atoms with Crippen LogP contribution in [0.15, 0.2) is 35.1 Å². The fourth-order valence-electron chi connectivity index (χ4n) is 2.69. The number of benzene rings is 1. The summed E-state index contributed by atoms with van der Waals surface area (Å²) in [5.74, 6) is 0.380. The van der Waals surface area contributed by atoms with Gasteiger partial charge in [-0.25, -0.2) is 4.98 Å². The van der Waals surface area contributed by atoms with E-state index in [2.05, 4.69) is 4.98 Å².